The van der Waals surface area contributed by atoms with Gasteiger partial charge in [-0.1, -0.05) is 11.6 Å². The van der Waals surface area contributed by atoms with Crippen LogP contribution in [0, 0.1) is 6.92 Å². The number of nitrogens with zero attached hydrogens (tertiary/aromatic N) is 2. The third-order valence-electron chi connectivity index (χ3n) is 2.30. The van der Waals surface area contributed by atoms with Crippen molar-refractivity contribution >= 4 is 22.5 Å². The van der Waals surface area contributed by atoms with Gasteiger partial charge in [0.15, 0.2) is 0 Å². The van der Waals surface area contributed by atoms with Crippen molar-refractivity contribution in [1.29, 1.82) is 0 Å². The summed E-state index contributed by atoms with van der Waals surface area (Å²) in [5.41, 5.74) is 7.59. The van der Waals surface area contributed by atoms with Gasteiger partial charge in [0.25, 0.3) is 0 Å². The van der Waals surface area contributed by atoms with Crippen LogP contribution in [0.1, 0.15) is 5.69 Å². The molecule has 0 aliphatic rings. The highest BCUT2D eigenvalue weighted by atomic mass is 35.5. The molecule has 0 radical (unpaired) electrons. The highest BCUT2D eigenvalue weighted by Gasteiger charge is 2.06. The minimum atomic E-state index is 0.600. The van der Waals surface area contributed by atoms with E-state index in [1.165, 1.54) is 0 Å². The van der Waals surface area contributed by atoms with Crippen molar-refractivity contribution < 1.29 is 0 Å². The Hall–Kier alpha value is -1.06. The Balaban J connectivity index is 2.62. The average Bonchev–Trinajstić information content (AvgIpc) is 2.46. The van der Waals surface area contributed by atoms with Gasteiger partial charge >= 0.3 is 0 Å². The maximum atomic E-state index is 5.92. The third kappa shape index (κ3) is 1.49. The Kier molecular flexibility index (Phi) is 2.44. The Morgan fingerprint density at radius 3 is 3.00 bits per heavy atom. The van der Waals surface area contributed by atoms with Gasteiger partial charge in [0.2, 0.25) is 0 Å². The first-order valence-electron chi connectivity index (χ1n) is 4.55. The molecule has 0 saturated heterocycles. The van der Waals surface area contributed by atoms with E-state index in [1.807, 2.05) is 29.8 Å². The van der Waals surface area contributed by atoms with Crippen molar-refractivity contribution in [2.45, 2.75) is 13.5 Å². The van der Waals surface area contributed by atoms with Crippen molar-refractivity contribution in [1.82, 2.24) is 9.78 Å². The van der Waals surface area contributed by atoms with Crippen LogP contribution >= 0.6 is 11.6 Å². The smallest absolute Gasteiger partial charge is 0.0927 e. The molecule has 2 N–H and O–H groups in total. The minimum absolute atomic E-state index is 0.600. The number of rotatable bonds is 2. The van der Waals surface area contributed by atoms with Crippen LogP contribution in [0.5, 0.6) is 0 Å². The summed E-state index contributed by atoms with van der Waals surface area (Å²) in [4.78, 5) is 0. The van der Waals surface area contributed by atoms with Gasteiger partial charge in [-0.2, -0.15) is 5.10 Å². The summed E-state index contributed by atoms with van der Waals surface area (Å²) in [6, 6.07) is 5.72. The molecule has 4 heteroatoms. The van der Waals surface area contributed by atoms with Crippen molar-refractivity contribution in [2.24, 2.45) is 5.73 Å². The maximum absolute atomic E-state index is 5.92. The number of benzene rings is 1. The van der Waals surface area contributed by atoms with Gasteiger partial charge in [-0.15, -0.1) is 0 Å². The summed E-state index contributed by atoms with van der Waals surface area (Å²) in [7, 11) is 0. The summed E-state index contributed by atoms with van der Waals surface area (Å²) in [5.74, 6) is 0. The van der Waals surface area contributed by atoms with E-state index in [1.54, 1.807) is 0 Å². The number of fused-ring (bicyclic) bond motifs is 1. The van der Waals surface area contributed by atoms with E-state index in [0.29, 0.717) is 6.54 Å². The first kappa shape index (κ1) is 9.49. The maximum Gasteiger partial charge on any atom is 0.0927 e. The van der Waals surface area contributed by atoms with E-state index in [-0.39, 0.29) is 0 Å². The number of aromatic nitrogens is 2. The van der Waals surface area contributed by atoms with Crippen LogP contribution in [0.3, 0.4) is 0 Å². The first-order chi connectivity index (χ1) is 6.72. The van der Waals surface area contributed by atoms with E-state index < -0.39 is 0 Å². The largest absolute Gasteiger partial charge is 0.329 e. The molecule has 0 amide bonds. The van der Waals surface area contributed by atoms with Crippen LogP contribution in [-0.2, 0) is 6.54 Å². The van der Waals surface area contributed by atoms with Gasteiger partial charge in [-0.05, 0) is 25.1 Å². The fraction of sp³-hybridized carbons (Fsp3) is 0.300. The van der Waals surface area contributed by atoms with Gasteiger partial charge in [0, 0.05) is 22.6 Å². The molecular weight excluding hydrogens is 198 g/mol. The van der Waals surface area contributed by atoms with Crippen LogP contribution in [0.2, 0.25) is 5.02 Å². The van der Waals surface area contributed by atoms with E-state index in [4.69, 9.17) is 17.3 Å². The highest BCUT2D eigenvalue weighted by Crippen LogP contribution is 2.21. The SMILES string of the molecule is Cc1c2cc(Cl)ccc2nn1CCN. The van der Waals surface area contributed by atoms with Gasteiger partial charge in [-0.25, -0.2) is 0 Å². The highest BCUT2D eigenvalue weighted by molar-refractivity contribution is 6.31. The topological polar surface area (TPSA) is 43.8 Å². The Morgan fingerprint density at radius 2 is 2.29 bits per heavy atom. The zero-order valence-electron chi connectivity index (χ0n) is 8.00. The molecule has 1 heterocycles. The van der Waals surface area contributed by atoms with Gasteiger partial charge in [0.1, 0.15) is 0 Å². The molecule has 1 aromatic heterocycles. The van der Waals surface area contributed by atoms with Crippen molar-refractivity contribution in [3.05, 3.63) is 28.9 Å². The molecule has 0 bridgehead atoms. The second-order valence-corrected chi connectivity index (χ2v) is 3.70. The molecule has 3 nitrogen and oxygen atoms in total. The summed E-state index contributed by atoms with van der Waals surface area (Å²) in [6.45, 7) is 3.38. The van der Waals surface area contributed by atoms with Gasteiger partial charge in [-0.3, -0.25) is 4.68 Å². The fourth-order valence-electron chi connectivity index (χ4n) is 1.57. The lowest BCUT2D eigenvalue weighted by Crippen LogP contribution is -2.11. The lowest BCUT2D eigenvalue weighted by Gasteiger charge is -1.99. The summed E-state index contributed by atoms with van der Waals surface area (Å²) < 4.78 is 1.92. The van der Waals surface area contributed by atoms with Crippen LogP contribution in [-0.4, -0.2) is 16.3 Å². The van der Waals surface area contributed by atoms with Crippen LogP contribution < -0.4 is 5.73 Å². The normalized spacial score (nSPS) is 11.1. The molecule has 0 aliphatic heterocycles. The zero-order valence-corrected chi connectivity index (χ0v) is 8.75. The van der Waals surface area contributed by atoms with E-state index in [2.05, 4.69) is 5.10 Å². The second-order valence-electron chi connectivity index (χ2n) is 3.26. The van der Waals surface area contributed by atoms with Crippen molar-refractivity contribution in [2.75, 3.05) is 6.54 Å². The number of aryl methyl sites for hydroxylation is 1. The number of hydrogen-bond acceptors (Lipinski definition) is 2. The van der Waals surface area contributed by atoms with Gasteiger partial charge < -0.3 is 5.73 Å². The molecule has 1 aromatic carbocycles. The van der Waals surface area contributed by atoms with E-state index in [0.717, 1.165) is 28.2 Å². The molecule has 0 atom stereocenters. The van der Waals surface area contributed by atoms with Gasteiger partial charge in [0.05, 0.1) is 12.1 Å². The lowest BCUT2D eigenvalue weighted by molar-refractivity contribution is 0.614. The van der Waals surface area contributed by atoms with E-state index >= 15 is 0 Å². The number of halogens is 1. The second kappa shape index (κ2) is 3.59. The molecule has 0 spiro atoms. The summed E-state index contributed by atoms with van der Waals surface area (Å²) >= 11 is 5.92. The fourth-order valence-corrected chi connectivity index (χ4v) is 1.74. The Morgan fingerprint density at radius 1 is 1.50 bits per heavy atom. The standard InChI is InChI=1S/C10H12ClN3/c1-7-9-6-8(11)2-3-10(9)13-14(7)5-4-12/h2-3,6H,4-5,12H2,1H3. The van der Waals surface area contributed by atoms with Crippen molar-refractivity contribution in [3.63, 3.8) is 0 Å². The third-order valence-corrected chi connectivity index (χ3v) is 2.54. The first-order valence-corrected chi connectivity index (χ1v) is 4.93. The Bertz CT molecular complexity index is 462. The number of hydrogen-bond donors (Lipinski definition) is 1. The summed E-state index contributed by atoms with van der Waals surface area (Å²) in [6.07, 6.45) is 0. The summed E-state index contributed by atoms with van der Waals surface area (Å²) in [5, 5.41) is 6.27. The van der Waals surface area contributed by atoms with E-state index in [9.17, 15) is 0 Å². The molecule has 0 saturated carbocycles. The minimum Gasteiger partial charge on any atom is -0.329 e. The Labute approximate surface area is 87.5 Å². The molecule has 0 unspecified atom stereocenters. The number of nitrogens with two attached hydrogens (primary N) is 1. The molecule has 14 heavy (non-hydrogen) atoms. The average molecular weight is 210 g/mol. The predicted molar refractivity (Wildman–Crippen MR) is 58.5 cm³/mol. The molecule has 2 rings (SSSR count). The molecular formula is C10H12ClN3. The quantitative estimate of drug-likeness (QED) is 0.822. The molecule has 0 aliphatic carbocycles. The van der Waals surface area contributed by atoms with Crippen LogP contribution in [0.15, 0.2) is 18.2 Å². The monoisotopic (exact) mass is 209 g/mol. The molecule has 2 aromatic rings. The van der Waals surface area contributed by atoms with Crippen LogP contribution in [0.4, 0.5) is 0 Å². The molecule has 0 fully saturated rings. The lowest BCUT2D eigenvalue weighted by atomic mass is 10.2. The molecule has 74 valence electrons. The zero-order chi connectivity index (χ0) is 10.1. The predicted octanol–water partition coefficient (Wildman–Crippen LogP) is 1.96. The van der Waals surface area contributed by atoms with Crippen molar-refractivity contribution in [3.8, 4) is 0 Å². The van der Waals surface area contributed by atoms with Crippen LogP contribution in [0.25, 0.3) is 10.9 Å².